The Hall–Kier alpha value is -1.71. The van der Waals surface area contributed by atoms with Crippen LogP contribution in [0.5, 0.6) is 11.5 Å². The van der Waals surface area contributed by atoms with Crippen LogP contribution in [0, 0.1) is 6.92 Å². The number of benzene rings is 2. The zero-order valence-electron chi connectivity index (χ0n) is 11.2. The minimum Gasteiger partial charge on any atom is -0.486 e. The quantitative estimate of drug-likeness (QED) is 0.921. The third-order valence-corrected chi connectivity index (χ3v) is 3.73. The van der Waals surface area contributed by atoms with E-state index in [9.17, 15) is 0 Å². The molecule has 0 bridgehead atoms. The summed E-state index contributed by atoms with van der Waals surface area (Å²) in [7, 11) is 0. The molecule has 0 fully saturated rings. The second kappa shape index (κ2) is 5.35. The number of aryl methyl sites for hydroxylation is 1. The van der Waals surface area contributed by atoms with Gasteiger partial charge in [0.2, 0.25) is 0 Å². The Labute approximate surface area is 123 Å². The number of halogens is 1. The predicted octanol–water partition coefficient (Wildman–Crippen LogP) is 3.47. The minimum atomic E-state index is -0.205. The first-order chi connectivity index (χ1) is 9.65. The second-order valence-electron chi connectivity index (χ2n) is 4.88. The number of fused-ring (bicyclic) bond motifs is 1. The van der Waals surface area contributed by atoms with Gasteiger partial charge in [-0.1, -0.05) is 23.7 Å². The summed E-state index contributed by atoms with van der Waals surface area (Å²) in [6, 6.07) is 11.4. The molecule has 1 unspecified atom stereocenters. The van der Waals surface area contributed by atoms with E-state index >= 15 is 0 Å². The van der Waals surface area contributed by atoms with Crippen molar-refractivity contribution < 1.29 is 9.47 Å². The molecule has 0 aliphatic carbocycles. The van der Waals surface area contributed by atoms with Gasteiger partial charge in [-0.3, -0.25) is 0 Å². The lowest BCUT2D eigenvalue weighted by atomic mass is 9.95. The van der Waals surface area contributed by atoms with Crippen LogP contribution >= 0.6 is 11.6 Å². The zero-order valence-corrected chi connectivity index (χ0v) is 12.0. The fraction of sp³-hybridized carbons (Fsp3) is 0.250. The van der Waals surface area contributed by atoms with Crippen LogP contribution in [-0.2, 0) is 0 Å². The van der Waals surface area contributed by atoms with Crippen molar-refractivity contribution in [1.82, 2.24) is 0 Å². The van der Waals surface area contributed by atoms with E-state index in [0.717, 1.165) is 33.2 Å². The molecule has 2 N–H and O–H groups in total. The van der Waals surface area contributed by atoms with Crippen molar-refractivity contribution in [3.8, 4) is 11.5 Å². The molecular formula is C16H16ClNO2. The van der Waals surface area contributed by atoms with E-state index in [1.54, 1.807) is 0 Å². The minimum absolute atomic E-state index is 0.205. The molecule has 1 aliphatic heterocycles. The summed E-state index contributed by atoms with van der Waals surface area (Å²) in [5.41, 5.74) is 9.51. The average Bonchev–Trinajstić information content (AvgIpc) is 2.46. The highest BCUT2D eigenvalue weighted by atomic mass is 35.5. The summed E-state index contributed by atoms with van der Waals surface area (Å²) in [6.07, 6.45) is 0. The van der Waals surface area contributed by atoms with Crippen molar-refractivity contribution in [2.24, 2.45) is 5.73 Å². The normalized spacial score (nSPS) is 14.9. The van der Waals surface area contributed by atoms with Crippen molar-refractivity contribution in [3.63, 3.8) is 0 Å². The number of rotatable bonds is 2. The Kier molecular flexibility index (Phi) is 3.55. The highest BCUT2D eigenvalue weighted by molar-refractivity contribution is 6.30. The van der Waals surface area contributed by atoms with E-state index in [0.29, 0.717) is 13.2 Å². The summed E-state index contributed by atoms with van der Waals surface area (Å²) in [6.45, 7) is 3.18. The fourth-order valence-electron chi connectivity index (χ4n) is 2.42. The molecule has 0 saturated heterocycles. The van der Waals surface area contributed by atoms with Crippen LogP contribution in [0.1, 0.15) is 22.7 Å². The van der Waals surface area contributed by atoms with Crippen LogP contribution in [-0.4, -0.2) is 13.2 Å². The largest absolute Gasteiger partial charge is 0.486 e. The van der Waals surface area contributed by atoms with Gasteiger partial charge in [0.15, 0.2) is 11.5 Å². The van der Waals surface area contributed by atoms with Crippen molar-refractivity contribution in [3.05, 3.63) is 58.1 Å². The molecule has 104 valence electrons. The Morgan fingerprint density at radius 3 is 2.55 bits per heavy atom. The molecule has 0 aromatic heterocycles. The van der Waals surface area contributed by atoms with Gasteiger partial charge in [-0.2, -0.15) is 0 Å². The Morgan fingerprint density at radius 1 is 1.05 bits per heavy atom. The van der Waals surface area contributed by atoms with Gasteiger partial charge in [0.05, 0.1) is 6.04 Å². The van der Waals surface area contributed by atoms with Crippen LogP contribution in [0.2, 0.25) is 5.02 Å². The second-order valence-corrected chi connectivity index (χ2v) is 5.32. The standard InChI is InChI=1S/C16H16ClNO2/c1-10-8-12(17)3-4-13(10)16(18)11-2-5-14-15(9-11)20-7-6-19-14/h2-5,8-9,16H,6-7,18H2,1H3. The van der Waals surface area contributed by atoms with E-state index in [4.69, 9.17) is 26.8 Å². The van der Waals surface area contributed by atoms with E-state index in [2.05, 4.69) is 0 Å². The molecule has 0 radical (unpaired) electrons. The maximum atomic E-state index is 6.36. The highest BCUT2D eigenvalue weighted by Crippen LogP contribution is 2.34. The van der Waals surface area contributed by atoms with E-state index in [1.165, 1.54) is 0 Å². The van der Waals surface area contributed by atoms with E-state index < -0.39 is 0 Å². The highest BCUT2D eigenvalue weighted by Gasteiger charge is 2.17. The molecule has 2 aromatic carbocycles. The van der Waals surface area contributed by atoms with Crippen molar-refractivity contribution >= 4 is 11.6 Å². The maximum Gasteiger partial charge on any atom is 0.161 e. The van der Waals surface area contributed by atoms with Crippen LogP contribution in [0.4, 0.5) is 0 Å². The number of hydrogen-bond acceptors (Lipinski definition) is 3. The smallest absolute Gasteiger partial charge is 0.161 e. The lowest BCUT2D eigenvalue weighted by Gasteiger charge is -2.21. The molecule has 3 rings (SSSR count). The SMILES string of the molecule is Cc1cc(Cl)ccc1C(N)c1ccc2c(c1)OCCO2. The molecule has 0 amide bonds. The molecule has 0 saturated carbocycles. The van der Waals surface area contributed by atoms with Gasteiger partial charge in [-0.05, 0) is 47.9 Å². The van der Waals surface area contributed by atoms with Crippen molar-refractivity contribution in [1.29, 1.82) is 0 Å². The Morgan fingerprint density at radius 2 is 1.80 bits per heavy atom. The molecule has 1 aliphatic rings. The summed E-state index contributed by atoms with van der Waals surface area (Å²) in [5, 5.41) is 0.723. The van der Waals surface area contributed by atoms with Gasteiger partial charge >= 0.3 is 0 Å². The third-order valence-electron chi connectivity index (χ3n) is 3.49. The van der Waals surface area contributed by atoms with E-state index in [-0.39, 0.29) is 6.04 Å². The van der Waals surface area contributed by atoms with Crippen LogP contribution in [0.15, 0.2) is 36.4 Å². The first-order valence-corrected chi connectivity index (χ1v) is 6.94. The zero-order chi connectivity index (χ0) is 14.1. The monoisotopic (exact) mass is 289 g/mol. The molecular weight excluding hydrogens is 274 g/mol. The number of nitrogens with two attached hydrogens (primary N) is 1. The lowest BCUT2D eigenvalue weighted by molar-refractivity contribution is 0.171. The summed E-state index contributed by atoms with van der Waals surface area (Å²) in [5.74, 6) is 1.54. The van der Waals surface area contributed by atoms with E-state index in [1.807, 2.05) is 43.3 Å². The summed E-state index contributed by atoms with van der Waals surface area (Å²) >= 11 is 5.99. The topological polar surface area (TPSA) is 44.5 Å². The number of hydrogen-bond donors (Lipinski definition) is 1. The Balaban J connectivity index is 1.95. The van der Waals surface area contributed by atoms with Gasteiger partial charge in [0.1, 0.15) is 13.2 Å². The van der Waals surface area contributed by atoms with Crippen LogP contribution < -0.4 is 15.2 Å². The van der Waals surface area contributed by atoms with Gasteiger partial charge < -0.3 is 15.2 Å². The van der Waals surface area contributed by atoms with Crippen LogP contribution in [0.3, 0.4) is 0 Å². The maximum absolute atomic E-state index is 6.36. The van der Waals surface area contributed by atoms with Crippen LogP contribution in [0.25, 0.3) is 0 Å². The first kappa shape index (κ1) is 13.3. The number of ether oxygens (including phenoxy) is 2. The molecule has 3 nitrogen and oxygen atoms in total. The predicted molar refractivity (Wildman–Crippen MR) is 79.7 cm³/mol. The molecule has 2 aromatic rings. The molecule has 4 heteroatoms. The van der Waals surface area contributed by atoms with Gasteiger partial charge in [-0.15, -0.1) is 0 Å². The molecule has 0 spiro atoms. The fourth-order valence-corrected chi connectivity index (χ4v) is 2.65. The first-order valence-electron chi connectivity index (χ1n) is 6.56. The summed E-state index contributed by atoms with van der Waals surface area (Å²) in [4.78, 5) is 0. The third kappa shape index (κ3) is 2.47. The Bertz CT molecular complexity index is 642. The van der Waals surface area contributed by atoms with Gasteiger partial charge in [-0.25, -0.2) is 0 Å². The van der Waals surface area contributed by atoms with Gasteiger partial charge in [0, 0.05) is 5.02 Å². The molecule has 20 heavy (non-hydrogen) atoms. The van der Waals surface area contributed by atoms with Crippen molar-refractivity contribution in [2.75, 3.05) is 13.2 Å². The lowest BCUT2D eigenvalue weighted by Crippen LogP contribution is -2.17. The average molecular weight is 290 g/mol. The molecule has 1 atom stereocenters. The molecule has 1 heterocycles. The van der Waals surface area contributed by atoms with Gasteiger partial charge in [0.25, 0.3) is 0 Å². The van der Waals surface area contributed by atoms with Crippen molar-refractivity contribution in [2.45, 2.75) is 13.0 Å². The summed E-state index contributed by atoms with van der Waals surface area (Å²) < 4.78 is 11.1.